The molecule has 0 aromatic rings. The molecule has 74 valence electrons. The summed E-state index contributed by atoms with van der Waals surface area (Å²) in [5.41, 5.74) is -0.165. The maximum absolute atomic E-state index is 9.49. The lowest BCUT2D eigenvalue weighted by molar-refractivity contribution is -0.151. The third kappa shape index (κ3) is 3.87. The molecule has 3 heteroatoms. The summed E-state index contributed by atoms with van der Waals surface area (Å²) in [7, 11) is 1.53. The van der Waals surface area contributed by atoms with Gasteiger partial charge in [-0.05, 0) is 12.3 Å². The largest absolute Gasteiger partial charge is 0.368 e. The van der Waals surface area contributed by atoms with E-state index in [1.54, 1.807) is 0 Å². The lowest BCUT2D eigenvalue weighted by atomic mass is 9.83. The van der Waals surface area contributed by atoms with Crippen LogP contribution in [-0.2, 0) is 4.74 Å². The van der Waals surface area contributed by atoms with E-state index in [1.807, 2.05) is 13.8 Å². The fourth-order valence-electron chi connectivity index (χ4n) is 1.37. The number of alkyl halides is 1. The van der Waals surface area contributed by atoms with E-state index in [1.165, 1.54) is 7.11 Å². The normalized spacial score (nSPS) is 17.5. The van der Waals surface area contributed by atoms with Crippen LogP contribution in [0.3, 0.4) is 0 Å². The first kappa shape index (κ1) is 12.4. The number of hydrogen-bond acceptors (Lipinski definition) is 2. The van der Waals surface area contributed by atoms with Crippen molar-refractivity contribution in [3.63, 3.8) is 0 Å². The minimum atomic E-state index is -0.668. The van der Waals surface area contributed by atoms with Crippen LogP contribution in [0.5, 0.6) is 0 Å². The van der Waals surface area contributed by atoms with Crippen LogP contribution < -0.4 is 0 Å². The summed E-state index contributed by atoms with van der Waals surface area (Å²) in [6.07, 6.45) is 0.284. The minimum Gasteiger partial charge on any atom is -0.368 e. The highest BCUT2D eigenvalue weighted by atomic mass is 79.9. The fraction of sp³-hybridized carbons (Fsp3) is 1.00. The molecular weight excluding hydrogens is 220 g/mol. The van der Waals surface area contributed by atoms with Crippen LogP contribution in [-0.4, -0.2) is 23.8 Å². The quantitative estimate of drug-likeness (QED) is 0.589. The maximum Gasteiger partial charge on any atom is 0.159 e. The number of methoxy groups -OCH3 is 1. The number of ether oxygens (including phenoxy) is 1. The van der Waals surface area contributed by atoms with Gasteiger partial charge in [0.15, 0.2) is 6.29 Å². The Bertz CT molecular complexity index is 126. The summed E-state index contributed by atoms with van der Waals surface area (Å²) in [5.74, 6) is 0.560. The summed E-state index contributed by atoms with van der Waals surface area (Å²) in [6, 6.07) is 0. The Kier molecular flexibility index (Phi) is 5.37. The monoisotopic (exact) mass is 238 g/mol. The Morgan fingerprint density at radius 2 is 2.00 bits per heavy atom. The molecular formula is C9H19BrO2. The second-order valence-corrected chi connectivity index (χ2v) is 4.69. The highest BCUT2D eigenvalue weighted by molar-refractivity contribution is 9.09. The van der Waals surface area contributed by atoms with Crippen LogP contribution >= 0.6 is 15.9 Å². The Balaban J connectivity index is 4.02. The van der Waals surface area contributed by atoms with E-state index in [2.05, 4.69) is 22.9 Å². The van der Waals surface area contributed by atoms with Crippen LogP contribution in [0.15, 0.2) is 0 Å². The van der Waals surface area contributed by atoms with Gasteiger partial charge in [0, 0.05) is 17.9 Å². The molecule has 0 bridgehead atoms. The molecule has 12 heavy (non-hydrogen) atoms. The van der Waals surface area contributed by atoms with Gasteiger partial charge >= 0.3 is 0 Å². The Morgan fingerprint density at radius 3 is 2.33 bits per heavy atom. The standard InChI is InChI=1S/C9H19BrO2/c1-7(6-10)5-9(2,3)8(11)12-4/h7-8,11H,5-6H2,1-4H3. The molecule has 0 aromatic carbocycles. The van der Waals surface area contributed by atoms with Crippen LogP contribution in [0.25, 0.3) is 0 Å². The molecule has 0 aliphatic heterocycles. The zero-order valence-corrected chi connectivity index (χ0v) is 9.89. The van der Waals surface area contributed by atoms with Gasteiger partial charge in [-0.15, -0.1) is 0 Å². The van der Waals surface area contributed by atoms with Crippen molar-refractivity contribution in [2.75, 3.05) is 12.4 Å². The van der Waals surface area contributed by atoms with Gasteiger partial charge in [-0.3, -0.25) is 0 Å². The van der Waals surface area contributed by atoms with Crippen molar-refractivity contribution < 1.29 is 9.84 Å². The second kappa shape index (κ2) is 5.20. The Morgan fingerprint density at radius 1 is 1.50 bits per heavy atom. The zero-order chi connectivity index (χ0) is 9.78. The molecule has 0 radical (unpaired) electrons. The number of hydrogen-bond donors (Lipinski definition) is 1. The van der Waals surface area contributed by atoms with E-state index in [0.717, 1.165) is 11.8 Å². The molecule has 0 saturated carbocycles. The highest BCUT2D eigenvalue weighted by Gasteiger charge is 2.29. The highest BCUT2D eigenvalue weighted by Crippen LogP contribution is 2.30. The van der Waals surface area contributed by atoms with Crippen LogP contribution in [0.2, 0.25) is 0 Å². The molecule has 0 amide bonds. The van der Waals surface area contributed by atoms with Crippen molar-refractivity contribution in [3.8, 4) is 0 Å². The van der Waals surface area contributed by atoms with Gasteiger partial charge in [-0.2, -0.15) is 0 Å². The van der Waals surface area contributed by atoms with Crippen LogP contribution in [0, 0.1) is 11.3 Å². The molecule has 0 aliphatic carbocycles. The summed E-state index contributed by atoms with van der Waals surface area (Å²) < 4.78 is 4.90. The Hall–Kier alpha value is 0.400. The number of rotatable bonds is 5. The number of halogens is 1. The SMILES string of the molecule is COC(O)C(C)(C)CC(C)CBr. The second-order valence-electron chi connectivity index (χ2n) is 4.04. The molecule has 0 aliphatic rings. The maximum atomic E-state index is 9.49. The van der Waals surface area contributed by atoms with E-state index < -0.39 is 6.29 Å². The lowest BCUT2D eigenvalue weighted by Crippen LogP contribution is -2.32. The lowest BCUT2D eigenvalue weighted by Gasteiger charge is -2.31. The zero-order valence-electron chi connectivity index (χ0n) is 8.30. The Labute approximate surface area is 83.4 Å². The summed E-state index contributed by atoms with van der Waals surface area (Å²) in [6.45, 7) is 6.18. The van der Waals surface area contributed by atoms with E-state index in [4.69, 9.17) is 4.74 Å². The van der Waals surface area contributed by atoms with Crippen molar-refractivity contribution in [2.24, 2.45) is 11.3 Å². The van der Waals surface area contributed by atoms with Crippen molar-refractivity contribution in [2.45, 2.75) is 33.5 Å². The fourth-order valence-corrected chi connectivity index (χ4v) is 1.60. The van der Waals surface area contributed by atoms with Crippen LogP contribution in [0.1, 0.15) is 27.2 Å². The minimum absolute atomic E-state index is 0.165. The molecule has 0 aromatic heterocycles. The predicted octanol–water partition coefficient (Wildman–Crippen LogP) is 2.40. The van der Waals surface area contributed by atoms with Gasteiger partial charge in [0.25, 0.3) is 0 Å². The summed E-state index contributed by atoms with van der Waals surface area (Å²) in [5, 5.41) is 10.5. The van der Waals surface area contributed by atoms with Crippen molar-refractivity contribution in [1.29, 1.82) is 0 Å². The van der Waals surface area contributed by atoms with Gasteiger partial charge in [0.2, 0.25) is 0 Å². The first-order valence-corrected chi connectivity index (χ1v) is 5.33. The van der Waals surface area contributed by atoms with Crippen molar-refractivity contribution >= 4 is 15.9 Å². The third-order valence-corrected chi connectivity index (χ3v) is 3.14. The van der Waals surface area contributed by atoms with Gasteiger partial charge < -0.3 is 9.84 Å². The molecule has 2 unspecified atom stereocenters. The average molecular weight is 239 g/mol. The topological polar surface area (TPSA) is 29.5 Å². The summed E-state index contributed by atoms with van der Waals surface area (Å²) >= 11 is 3.42. The van der Waals surface area contributed by atoms with Gasteiger partial charge in [-0.25, -0.2) is 0 Å². The molecule has 1 N–H and O–H groups in total. The molecule has 2 atom stereocenters. The van der Waals surface area contributed by atoms with Gasteiger partial charge in [0.05, 0.1) is 0 Å². The molecule has 2 nitrogen and oxygen atoms in total. The van der Waals surface area contributed by atoms with E-state index in [-0.39, 0.29) is 5.41 Å². The number of aliphatic hydroxyl groups excluding tert-OH is 1. The van der Waals surface area contributed by atoms with Gasteiger partial charge in [0.1, 0.15) is 0 Å². The molecule has 0 rings (SSSR count). The molecule has 0 saturated heterocycles. The summed E-state index contributed by atoms with van der Waals surface area (Å²) in [4.78, 5) is 0. The molecule has 0 heterocycles. The first-order chi connectivity index (χ1) is 5.44. The smallest absolute Gasteiger partial charge is 0.159 e. The molecule has 0 spiro atoms. The van der Waals surface area contributed by atoms with Crippen molar-refractivity contribution in [1.82, 2.24) is 0 Å². The average Bonchev–Trinajstić information content (AvgIpc) is 2.02. The number of aliphatic hydroxyl groups is 1. The predicted molar refractivity (Wildman–Crippen MR) is 54.4 cm³/mol. The van der Waals surface area contributed by atoms with Crippen LogP contribution in [0.4, 0.5) is 0 Å². The third-order valence-electron chi connectivity index (χ3n) is 2.03. The van der Waals surface area contributed by atoms with E-state index in [9.17, 15) is 5.11 Å². The van der Waals surface area contributed by atoms with Gasteiger partial charge in [-0.1, -0.05) is 36.7 Å². The van der Waals surface area contributed by atoms with E-state index in [0.29, 0.717) is 5.92 Å². The first-order valence-electron chi connectivity index (χ1n) is 4.21. The van der Waals surface area contributed by atoms with Crippen molar-refractivity contribution in [3.05, 3.63) is 0 Å². The molecule has 0 fully saturated rings. The van der Waals surface area contributed by atoms with E-state index >= 15 is 0 Å².